The first-order valence-corrected chi connectivity index (χ1v) is 11.0. The molecule has 0 heterocycles. The minimum Gasteiger partial charge on any atom is -0.480 e. The van der Waals surface area contributed by atoms with Gasteiger partial charge in [0.25, 0.3) is 0 Å². The molecular weight excluding hydrogens is 408 g/mol. The van der Waals surface area contributed by atoms with E-state index in [2.05, 4.69) is 23.5 Å². The zero-order valence-corrected chi connectivity index (χ0v) is 18.6. The van der Waals surface area contributed by atoms with Crippen molar-refractivity contribution >= 4 is 18.0 Å². The van der Waals surface area contributed by atoms with Crippen molar-refractivity contribution in [3.05, 3.63) is 59.2 Å². The molecule has 3 rings (SSSR count). The fourth-order valence-electron chi connectivity index (χ4n) is 4.04. The first-order chi connectivity index (χ1) is 15.4. The van der Waals surface area contributed by atoms with Crippen molar-refractivity contribution in [1.82, 2.24) is 10.2 Å². The van der Waals surface area contributed by atoms with Gasteiger partial charge < -0.3 is 20.1 Å². The number of amides is 2. The predicted octanol–water partition coefficient (Wildman–Crippen LogP) is 3.98. The SMILES string of the molecule is CCC(=O)N(C)CCCC[C@H](NC(=O)OCc1cccc2c1Cc1ccccc1-2)C(=O)O. The third-order valence-corrected chi connectivity index (χ3v) is 5.86. The van der Waals surface area contributed by atoms with Crippen molar-refractivity contribution in [2.45, 2.75) is 51.7 Å². The number of nitrogens with one attached hydrogen (secondary N) is 1. The van der Waals surface area contributed by atoms with E-state index < -0.39 is 18.1 Å². The van der Waals surface area contributed by atoms with E-state index in [-0.39, 0.29) is 18.9 Å². The van der Waals surface area contributed by atoms with Crippen LogP contribution in [0.4, 0.5) is 4.79 Å². The average molecular weight is 439 g/mol. The Hall–Kier alpha value is -3.35. The normalized spacial score (nSPS) is 12.4. The van der Waals surface area contributed by atoms with Crippen LogP contribution in [0, 0.1) is 0 Å². The summed E-state index contributed by atoms with van der Waals surface area (Å²) in [6.45, 7) is 2.45. The van der Waals surface area contributed by atoms with Gasteiger partial charge in [-0.1, -0.05) is 49.4 Å². The predicted molar refractivity (Wildman–Crippen MR) is 121 cm³/mol. The van der Waals surface area contributed by atoms with Gasteiger partial charge in [-0.15, -0.1) is 0 Å². The number of ether oxygens (including phenoxy) is 1. The van der Waals surface area contributed by atoms with Gasteiger partial charge in [0.15, 0.2) is 0 Å². The summed E-state index contributed by atoms with van der Waals surface area (Å²) < 4.78 is 5.36. The number of fused-ring (bicyclic) bond motifs is 3. The Bertz CT molecular complexity index is 988. The van der Waals surface area contributed by atoms with Crippen molar-refractivity contribution in [1.29, 1.82) is 0 Å². The van der Waals surface area contributed by atoms with Gasteiger partial charge in [-0.2, -0.15) is 0 Å². The number of carboxylic acid groups (broad SMARTS) is 1. The van der Waals surface area contributed by atoms with E-state index in [1.807, 2.05) is 24.3 Å². The molecule has 2 aromatic rings. The van der Waals surface area contributed by atoms with Gasteiger partial charge >= 0.3 is 12.1 Å². The topological polar surface area (TPSA) is 95.9 Å². The molecule has 0 aromatic heterocycles. The van der Waals surface area contributed by atoms with Gasteiger partial charge in [-0.05, 0) is 53.5 Å². The molecule has 2 amide bonds. The number of carbonyl (C=O) groups excluding carboxylic acids is 2. The van der Waals surface area contributed by atoms with Crippen molar-refractivity contribution in [2.75, 3.05) is 13.6 Å². The Morgan fingerprint density at radius 2 is 1.84 bits per heavy atom. The quantitative estimate of drug-likeness (QED) is 0.467. The zero-order valence-electron chi connectivity index (χ0n) is 18.6. The third kappa shape index (κ3) is 5.66. The molecule has 32 heavy (non-hydrogen) atoms. The van der Waals surface area contributed by atoms with Gasteiger partial charge in [-0.3, -0.25) is 4.79 Å². The lowest BCUT2D eigenvalue weighted by Crippen LogP contribution is -2.41. The van der Waals surface area contributed by atoms with Crippen LogP contribution in [0.25, 0.3) is 11.1 Å². The monoisotopic (exact) mass is 438 g/mol. The molecule has 0 saturated carbocycles. The molecule has 2 aromatic carbocycles. The molecule has 0 saturated heterocycles. The minimum absolute atomic E-state index is 0.0528. The second-order valence-corrected chi connectivity index (χ2v) is 8.05. The van der Waals surface area contributed by atoms with E-state index in [4.69, 9.17) is 4.74 Å². The van der Waals surface area contributed by atoms with Gasteiger partial charge in [0.05, 0.1) is 0 Å². The Morgan fingerprint density at radius 3 is 2.59 bits per heavy atom. The van der Waals surface area contributed by atoms with E-state index in [1.54, 1.807) is 18.9 Å². The standard InChI is InChI=1S/C25H30N2O5/c1-3-23(28)27(2)14-7-6-13-22(24(29)30)26-25(31)32-16-18-10-8-12-20-19-11-5-4-9-17(19)15-21(18)20/h4-5,8-12,22H,3,6-7,13-16H2,1-2H3,(H,26,31)(H,29,30)/t22-/m0/s1. The van der Waals surface area contributed by atoms with E-state index >= 15 is 0 Å². The summed E-state index contributed by atoms with van der Waals surface area (Å²) >= 11 is 0. The molecule has 0 aliphatic heterocycles. The number of carbonyl (C=O) groups is 3. The van der Waals surface area contributed by atoms with Gasteiger partial charge in [0.1, 0.15) is 12.6 Å². The number of hydrogen-bond donors (Lipinski definition) is 2. The molecule has 7 nitrogen and oxygen atoms in total. The molecule has 0 radical (unpaired) electrons. The number of hydrogen-bond acceptors (Lipinski definition) is 4. The Labute approximate surface area is 188 Å². The van der Waals surface area contributed by atoms with Crippen LogP contribution in [0.3, 0.4) is 0 Å². The second kappa shape index (κ2) is 10.8. The van der Waals surface area contributed by atoms with Crippen molar-refractivity contribution < 1.29 is 24.2 Å². The maximum Gasteiger partial charge on any atom is 0.408 e. The van der Waals surface area contributed by atoms with Crippen LogP contribution in [0.2, 0.25) is 0 Å². The average Bonchev–Trinajstić information content (AvgIpc) is 3.18. The largest absolute Gasteiger partial charge is 0.480 e. The summed E-state index contributed by atoms with van der Waals surface area (Å²) in [7, 11) is 1.73. The van der Waals surface area contributed by atoms with E-state index in [9.17, 15) is 19.5 Å². The van der Waals surface area contributed by atoms with Gasteiger partial charge in [0, 0.05) is 20.0 Å². The lowest BCUT2D eigenvalue weighted by Gasteiger charge is -2.18. The summed E-state index contributed by atoms with van der Waals surface area (Å²) in [5.74, 6) is -1.05. The van der Waals surface area contributed by atoms with Crippen LogP contribution in [0.1, 0.15) is 49.3 Å². The third-order valence-electron chi connectivity index (χ3n) is 5.86. The molecule has 170 valence electrons. The lowest BCUT2D eigenvalue weighted by molar-refractivity contribution is -0.139. The van der Waals surface area contributed by atoms with Crippen LogP contribution in [-0.4, -0.2) is 47.6 Å². The first kappa shape index (κ1) is 23.3. The molecule has 7 heteroatoms. The van der Waals surface area contributed by atoms with Crippen LogP contribution in [0.5, 0.6) is 0 Å². The number of nitrogens with zero attached hydrogens (tertiary/aromatic N) is 1. The number of benzene rings is 2. The molecule has 0 fully saturated rings. The molecule has 0 unspecified atom stereocenters. The van der Waals surface area contributed by atoms with Crippen LogP contribution >= 0.6 is 0 Å². The smallest absolute Gasteiger partial charge is 0.408 e. The fraction of sp³-hybridized carbons (Fsp3) is 0.400. The maximum absolute atomic E-state index is 12.3. The molecule has 0 spiro atoms. The fourth-order valence-corrected chi connectivity index (χ4v) is 4.04. The molecule has 1 aliphatic rings. The highest BCUT2D eigenvalue weighted by atomic mass is 16.5. The van der Waals surface area contributed by atoms with Gasteiger partial charge in [-0.25, -0.2) is 9.59 Å². The summed E-state index contributed by atoms with van der Waals surface area (Å²) in [6, 6.07) is 13.1. The number of aliphatic carboxylic acids is 1. The second-order valence-electron chi connectivity index (χ2n) is 8.05. The number of carboxylic acids is 1. The maximum atomic E-state index is 12.3. The Kier molecular flexibility index (Phi) is 7.87. The summed E-state index contributed by atoms with van der Waals surface area (Å²) in [4.78, 5) is 37.0. The molecule has 1 atom stereocenters. The first-order valence-electron chi connectivity index (χ1n) is 11.0. The van der Waals surface area contributed by atoms with E-state index in [1.165, 1.54) is 11.1 Å². The number of rotatable bonds is 10. The molecule has 2 N–H and O–H groups in total. The molecule has 0 bridgehead atoms. The van der Waals surface area contributed by atoms with Crippen LogP contribution in [0.15, 0.2) is 42.5 Å². The van der Waals surface area contributed by atoms with Crippen molar-refractivity contribution in [3.8, 4) is 11.1 Å². The highest BCUT2D eigenvalue weighted by Gasteiger charge is 2.23. The van der Waals surface area contributed by atoms with E-state index in [0.717, 1.165) is 23.1 Å². The molecular formula is C25H30N2O5. The summed E-state index contributed by atoms with van der Waals surface area (Å²) in [6.07, 6.45) is 2.00. The van der Waals surface area contributed by atoms with Crippen molar-refractivity contribution in [3.63, 3.8) is 0 Å². The highest BCUT2D eigenvalue weighted by Crippen LogP contribution is 2.38. The van der Waals surface area contributed by atoms with E-state index in [0.29, 0.717) is 25.8 Å². The van der Waals surface area contributed by atoms with Crippen LogP contribution < -0.4 is 5.32 Å². The molecule has 1 aliphatic carbocycles. The summed E-state index contributed by atoms with van der Waals surface area (Å²) in [5.41, 5.74) is 5.66. The van der Waals surface area contributed by atoms with Crippen molar-refractivity contribution in [2.24, 2.45) is 0 Å². The number of unbranched alkanes of at least 4 members (excludes halogenated alkanes) is 1. The zero-order chi connectivity index (χ0) is 23.1. The van der Waals surface area contributed by atoms with Crippen LogP contribution in [-0.2, 0) is 27.4 Å². The highest BCUT2D eigenvalue weighted by molar-refractivity contribution is 5.80. The Balaban J connectivity index is 1.49. The Morgan fingerprint density at radius 1 is 1.09 bits per heavy atom. The lowest BCUT2D eigenvalue weighted by atomic mass is 10.0. The van der Waals surface area contributed by atoms with Gasteiger partial charge in [0.2, 0.25) is 5.91 Å². The number of alkyl carbamates (subject to hydrolysis) is 1. The minimum atomic E-state index is -1.10. The summed E-state index contributed by atoms with van der Waals surface area (Å²) in [5, 5.41) is 11.9.